The fraction of sp³-hybridized carbons (Fsp3) is 0.250. The van der Waals surface area contributed by atoms with Crippen molar-refractivity contribution in [3.05, 3.63) is 93.2 Å². The molecule has 3 nitrogen and oxygen atoms in total. The second-order valence-electron chi connectivity index (χ2n) is 8.78. The highest BCUT2D eigenvalue weighted by molar-refractivity contribution is 9.10. The van der Waals surface area contributed by atoms with Crippen LogP contribution in [0.1, 0.15) is 35.6 Å². The lowest BCUT2D eigenvalue weighted by molar-refractivity contribution is -0.121. The van der Waals surface area contributed by atoms with Crippen molar-refractivity contribution < 1.29 is 9.18 Å². The van der Waals surface area contributed by atoms with E-state index < -0.39 is 0 Å². The van der Waals surface area contributed by atoms with Gasteiger partial charge in [-0.15, -0.1) is 0 Å². The highest BCUT2D eigenvalue weighted by Gasteiger charge is 2.16. The van der Waals surface area contributed by atoms with Crippen LogP contribution in [0.25, 0.3) is 22.2 Å². The molecule has 33 heavy (non-hydrogen) atoms. The number of aryl methyl sites for hydroxylation is 3. The maximum Gasteiger partial charge on any atom is 0.220 e. The molecular weight excluding hydrogens is 479 g/mol. The van der Waals surface area contributed by atoms with Gasteiger partial charge in [0, 0.05) is 33.5 Å². The van der Waals surface area contributed by atoms with Crippen LogP contribution in [-0.2, 0) is 17.6 Å². The van der Waals surface area contributed by atoms with E-state index in [1.165, 1.54) is 17.7 Å². The van der Waals surface area contributed by atoms with Crippen molar-refractivity contribution in [2.45, 2.75) is 46.1 Å². The van der Waals surface area contributed by atoms with Gasteiger partial charge in [-0.25, -0.2) is 4.39 Å². The number of hydrogen-bond donors (Lipinski definition) is 2. The standard InChI is InChI=1S/C28H28BrFN2O/c1-17-4-12-26-25(14-17)24(28(32-26)20-5-8-22(29)9-6-20)11-13-27(33)31-19(3)16-21-7-10-23(30)15-18(21)2/h4-10,12,14-15,19,32H,11,13,16H2,1-3H3,(H,31,33). The molecule has 0 saturated heterocycles. The van der Waals surface area contributed by atoms with Crippen molar-refractivity contribution >= 4 is 32.7 Å². The van der Waals surface area contributed by atoms with Gasteiger partial charge in [0.05, 0.1) is 0 Å². The number of nitrogens with one attached hydrogen (secondary N) is 2. The molecule has 0 aliphatic heterocycles. The van der Waals surface area contributed by atoms with Crippen LogP contribution in [0.5, 0.6) is 0 Å². The number of halogens is 2. The second kappa shape index (κ2) is 9.92. The zero-order valence-corrected chi connectivity index (χ0v) is 20.7. The summed E-state index contributed by atoms with van der Waals surface area (Å²) in [5, 5.41) is 4.27. The Morgan fingerprint density at radius 1 is 1.06 bits per heavy atom. The van der Waals surface area contributed by atoms with Crippen LogP contribution >= 0.6 is 15.9 Å². The fourth-order valence-electron chi connectivity index (χ4n) is 4.34. The molecule has 3 aromatic carbocycles. The lowest BCUT2D eigenvalue weighted by Gasteiger charge is -2.16. The smallest absolute Gasteiger partial charge is 0.220 e. The predicted octanol–water partition coefficient (Wildman–Crippen LogP) is 7.03. The summed E-state index contributed by atoms with van der Waals surface area (Å²) in [6.45, 7) is 5.97. The van der Waals surface area contributed by atoms with Gasteiger partial charge in [0.25, 0.3) is 0 Å². The summed E-state index contributed by atoms with van der Waals surface area (Å²) >= 11 is 3.50. The fourth-order valence-corrected chi connectivity index (χ4v) is 4.60. The van der Waals surface area contributed by atoms with Gasteiger partial charge in [-0.05, 0) is 92.3 Å². The van der Waals surface area contributed by atoms with Gasteiger partial charge < -0.3 is 10.3 Å². The van der Waals surface area contributed by atoms with Crippen molar-refractivity contribution in [3.63, 3.8) is 0 Å². The third-order valence-corrected chi connectivity index (χ3v) is 6.56. The van der Waals surface area contributed by atoms with E-state index >= 15 is 0 Å². The van der Waals surface area contributed by atoms with Crippen LogP contribution in [0, 0.1) is 19.7 Å². The van der Waals surface area contributed by atoms with Crippen LogP contribution in [0.4, 0.5) is 4.39 Å². The van der Waals surface area contributed by atoms with Gasteiger partial charge in [0.2, 0.25) is 5.91 Å². The van der Waals surface area contributed by atoms with E-state index in [9.17, 15) is 9.18 Å². The zero-order chi connectivity index (χ0) is 23.5. The van der Waals surface area contributed by atoms with Crippen LogP contribution in [0.3, 0.4) is 0 Å². The number of rotatable bonds is 7. The Labute approximate surface area is 202 Å². The summed E-state index contributed by atoms with van der Waals surface area (Å²) in [5.41, 5.74) is 7.55. The molecule has 0 fully saturated rings. The Morgan fingerprint density at radius 3 is 2.55 bits per heavy atom. The molecule has 0 aliphatic carbocycles. The van der Waals surface area contributed by atoms with Crippen molar-refractivity contribution in [1.29, 1.82) is 0 Å². The Bertz CT molecular complexity index is 1290. The van der Waals surface area contributed by atoms with Gasteiger partial charge in [-0.3, -0.25) is 4.79 Å². The van der Waals surface area contributed by atoms with E-state index in [0.29, 0.717) is 19.3 Å². The average molecular weight is 507 g/mol. The van der Waals surface area contributed by atoms with E-state index in [1.54, 1.807) is 6.07 Å². The topological polar surface area (TPSA) is 44.9 Å². The molecule has 0 radical (unpaired) electrons. The van der Waals surface area contributed by atoms with Gasteiger partial charge in [0.1, 0.15) is 5.82 Å². The minimum Gasteiger partial charge on any atom is -0.354 e. The Morgan fingerprint density at radius 2 is 1.82 bits per heavy atom. The van der Waals surface area contributed by atoms with Crippen LogP contribution in [-0.4, -0.2) is 16.9 Å². The first-order valence-electron chi connectivity index (χ1n) is 11.2. The summed E-state index contributed by atoms with van der Waals surface area (Å²) in [6, 6.07) is 19.4. The van der Waals surface area contributed by atoms with E-state index in [4.69, 9.17) is 0 Å². The lowest BCUT2D eigenvalue weighted by Crippen LogP contribution is -2.34. The molecule has 1 atom stereocenters. The highest BCUT2D eigenvalue weighted by atomic mass is 79.9. The Hall–Kier alpha value is -2.92. The van der Waals surface area contributed by atoms with Crippen molar-refractivity contribution in [2.75, 3.05) is 0 Å². The molecule has 2 N–H and O–H groups in total. The predicted molar refractivity (Wildman–Crippen MR) is 137 cm³/mol. The molecule has 1 aromatic heterocycles. The first kappa shape index (κ1) is 23.2. The molecule has 0 aliphatic rings. The molecular formula is C28H28BrFN2O. The molecule has 5 heteroatoms. The van der Waals surface area contributed by atoms with Crippen LogP contribution in [0.2, 0.25) is 0 Å². The summed E-state index contributed by atoms with van der Waals surface area (Å²) in [7, 11) is 0. The van der Waals surface area contributed by atoms with Crippen molar-refractivity contribution in [1.82, 2.24) is 10.3 Å². The summed E-state index contributed by atoms with van der Waals surface area (Å²) in [6.07, 6.45) is 1.72. The molecule has 0 spiro atoms. The number of carbonyl (C=O) groups excluding carboxylic acids is 1. The van der Waals surface area contributed by atoms with E-state index in [1.807, 2.05) is 26.0 Å². The van der Waals surface area contributed by atoms with Gasteiger partial charge in [-0.2, -0.15) is 0 Å². The third kappa shape index (κ3) is 5.53. The summed E-state index contributed by atoms with van der Waals surface area (Å²) < 4.78 is 14.4. The second-order valence-corrected chi connectivity index (χ2v) is 9.69. The number of aromatic amines is 1. The molecule has 170 valence electrons. The minimum atomic E-state index is -0.233. The average Bonchev–Trinajstić information content (AvgIpc) is 3.12. The maximum absolute atomic E-state index is 13.4. The molecule has 1 unspecified atom stereocenters. The SMILES string of the molecule is Cc1ccc2[nH]c(-c3ccc(Br)cc3)c(CCC(=O)NC(C)Cc3ccc(F)cc3C)c2c1. The number of amides is 1. The lowest BCUT2D eigenvalue weighted by atomic mass is 9.99. The Kier molecular flexibility index (Phi) is 6.99. The Balaban J connectivity index is 1.50. The monoisotopic (exact) mass is 506 g/mol. The van der Waals surface area contributed by atoms with E-state index in [0.717, 1.165) is 43.3 Å². The molecule has 0 bridgehead atoms. The van der Waals surface area contributed by atoms with E-state index in [2.05, 4.69) is 63.5 Å². The molecule has 1 amide bonds. The molecule has 4 rings (SSSR count). The van der Waals surface area contributed by atoms with Crippen molar-refractivity contribution in [3.8, 4) is 11.3 Å². The number of fused-ring (bicyclic) bond motifs is 1. The normalized spacial score (nSPS) is 12.2. The van der Waals surface area contributed by atoms with Crippen LogP contribution < -0.4 is 5.32 Å². The molecule has 4 aromatic rings. The minimum absolute atomic E-state index is 0.0195. The van der Waals surface area contributed by atoms with E-state index in [-0.39, 0.29) is 17.8 Å². The summed E-state index contributed by atoms with van der Waals surface area (Å²) in [5.74, 6) is -0.213. The van der Waals surface area contributed by atoms with Gasteiger partial charge in [-0.1, -0.05) is 45.8 Å². The van der Waals surface area contributed by atoms with Crippen LogP contribution in [0.15, 0.2) is 65.1 Å². The number of carbonyl (C=O) groups is 1. The van der Waals surface area contributed by atoms with Crippen molar-refractivity contribution in [2.24, 2.45) is 0 Å². The van der Waals surface area contributed by atoms with Gasteiger partial charge >= 0.3 is 0 Å². The number of aromatic nitrogens is 1. The zero-order valence-electron chi connectivity index (χ0n) is 19.1. The highest BCUT2D eigenvalue weighted by Crippen LogP contribution is 2.32. The summed E-state index contributed by atoms with van der Waals surface area (Å²) in [4.78, 5) is 16.3. The number of H-pyrrole nitrogens is 1. The number of benzene rings is 3. The first-order chi connectivity index (χ1) is 15.8. The molecule has 0 saturated carbocycles. The molecule has 1 heterocycles. The van der Waals surface area contributed by atoms with Gasteiger partial charge in [0.15, 0.2) is 0 Å². The first-order valence-corrected chi connectivity index (χ1v) is 12.0. The number of hydrogen-bond acceptors (Lipinski definition) is 1. The third-order valence-electron chi connectivity index (χ3n) is 6.03. The quantitative estimate of drug-likeness (QED) is 0.277. The largest absolute Gasteiger partial charge is 0.354 e. The maximum atomic E-state index is 13.4.